The molecule has 2 N–H and O–H groups in total. The van der Waals surface area contributed by atoms with Crippen LogP contribution in [0.2, 0.25) is 5.02 Å². The zero-order valence-electron chi connectivity index (χ0n) is 11.3. The molecule has 0 aromatic heterocycles. The van der Waals surface area contributed by atoms with Crippen LogP contribution >= 0.6 is 11.6 Å². The fraction of sp³-hybridized carbons (Fsp3) is 0.188. The fourth-order valence-electron chi connectivity index (χ4n) is 1.95. The quantitative estimate of drug-likeness (QED) is 0.892. The topological polar surface area (TPSA) is 49.3 Å². The molecule has 5 heteroatoms. The minimum atomic E-state index is -0.452. The minimum absolute atomic E-state index is 0.146. The van der Waals surface area contributed by atoms with E-state index in [-0.39, 0.29) is 31.0 Å². The number of rotatable bonds is 5. The lowest BCUT2D eigenvalue weighted by Gasteiger charge is -2.07. The van der Waals surface area contributed by atoms with Gasteiger partial charge in [-0.1, -0.05) is 29.8 Å². The Morgan fingerprint density at radius 3 is 2.71 bits per heavy atom. The Bertz CT molecular complexity index is 646. The van der Waals surface area contributed by atoms with Crippen molar-refractivity contribution >= 4 is 17.5 Å². The Hall–Kier alpha value is -1.91. The van der Waals surface area contributed by atoms with Gasteiger partial charge in [0.25, 0.3) is 0 Å². The summed E-state index contributed by atoms with van der Waals surface area (Å²) in [6, 6.07) is 11.5. The van der Waals surface area contributed by atoms with Gasteiger partial charge in [0.2, 0.25) is 5.91 Å². The molecule has 0 aliphatic rings. The van der Waals surface area contributed by atoms with Crippen LogP contribution in [-0.2, 0) is 24.4 Å². The molecule has 0 heterocycles. The van der Waals surface area contributed by atoms with Gasteiger partial charge in [0.15, 0.2) is 0 Å². The van der Waals surface area contributed by atoms with Crippen LogP contribution in [0.1, 0.15) is 16.7 Å². The van der Waals surface area contributed by atoms with Gasteiger partial charge in [-0.25, -0.2) is 4.39 Å². The first-order valence-corrected chi connectivity index (χ1v) is 6.85. The number of hydrogen-bond donors (Lipinski definition) is 2. The summed E-state index contributed by atoms with van der Waals surface area (Å²) in [6.07, 6.45) is 0.231. The van der Waals surface area contributed by atoms with E-state index in [0.717, 1.165) is 11.1 Å². The third kappa shape index (κ3) is 4.55. The van der Waals surface area contributed by atoms with Gasteiger partial charge in [-0.05, 0) is 35.4 Å². The largest absolute Gasteiger partial charge is 0.392 e. The van der Waals surface area contributed by atoms with Gasteiger partial charge < -0.3 is 10.4 Å². The summed E-state index contributed by atoms with van der Waals surface area (Å²) in [4.78, 5) is 11.8. The fourth-order valence-corrected chi connectivity index (χ4v) is 2.17. The van der Waals surface area contributed by atoms with Gasteiger partial charge in [0.1, 0.15) is 5.82 Å². The first-order valence-electron chi connectivity index (χ1n) is 6.48. The van der Waals surface area contributed by atoms with Crippen molar-refractivity contribution in [1.29, 1.82) is 0 Å². The molecule has 2 rings (SSSR count). The number of nitrogens with one attached hydrogen (secondary N) is 1. The Labute approximate surface area is 127 Å². The van der Waals surface area contributed by atoms with Crippen molar-refractivity contribution in [2.24, 2.45) is 0 Å². The first-order chi connectivity index (χ1) is 10.1. The molecule has 0 atom stereocenters. The van der Waals surface area contributed by atoms with Crippen LogP contribution in [0.25, 0.3) is 0 Å². The van der Waals surface area contributed by atoms with Crippen molar-refractivity contribution in [2.45, 2.75) is 19.6 Å². The maximum absolute atomic E-state index is 13.2. The van der Waals surface area contributed by atoms with Crippen molar-refractivity contribution in [3.63, 3.8) is 0 Å². The highest BCUT2D eigenvalue weighted by molar-refractivity contribution is 6.30. The number of aliphatic hydroxyl groups is 1. The van der Waals surface area contributed by atoms with Crippen molar-refractivity contribution in [2.75, 3.05) is 0 Å². The summed E-state index contributed by atoms with van der Waals surface area (Å²) >= 11 is 5.86. The molecular formula is C16H15ClFNO2. The van der Waals surface area contributed by atoms with Gasteiger partial charge in [-0.15, -0.1) is 0 Å². The van der Waals surface area contributed by atoms with Crippen molar-refractivity contribution in [1.82, 2.24) is 5.32 Å². The van der Waals surface area contributed by atoms with Crippen LogP contribution in [0.5, 0.6) is 0 Å². The number of carbonyl (C=O) groups excluding carboxylic acids is 1. The molecule has 1 amide bonds. The van der Waals surface area contributed by atoms with E-state index in [1.54, 1.807) is 24.3 Å². The highest BCUT2D eigenvalue weighted by atomic mass is 35.5. The lowest BCUT2D eigenvalue weighted by atomic mass is 10.1. The van der Waals surface area contributed by atoms with Crippen LogP contribution in [0.3, 0.4) is 0 Å². The molecule has 2 aromatic rings. The smallest absolute Gasteiger partial charge is 0.224 e. The summed E-state index contributed by atoms with van der Waals surface area (Å²) in [5, 5.41) is 12.3. The average Bonchev–Trinajstić information content (AvgIpc) is 2.46. The highest BCUT2D eigenvalue weighted by Crippen LogP contribution is 2.12. The van der Waals surface area contributed by atoms with Gasteiger partial charge in [0.05, 0.1) is 13.0 Å². The van der Waals surface area contributed by atoms with Crippen molar-refractivity contribution in [3.8, 4) is 0 Å². The normalized spacial score (nSPS) is 10.4. The molecule has 3 nitrogen and oxygen atoms in total. The Kier molecular flexibility index (Phi) is 5.31. The Morgan fingerprint density at radius 1 is 1.19 bits per heavy atom. The van der Waals surface area contributed by atoms with E-state index in [1.807, 2.05) is 6.07 Å². The monoisotopic (exact) mass is 307 g/mol. The molecule has 110 valence electrons. The number of amides is 1. The number of carbonyl (C=O) groups is 1. The molecular weight excluding hydrogens is 293 g/mol. The zero-order valence-corrected chi connectivity index (χ0v) is 12.0. The SMILES string of the molecule is O=C(Cc1cccc(Cl)c1)NCc1ccc(F)c(CO)c1. The third-order valence-electron chi connectivity index (χ3n) is 3.02. The van der Waals surface area contributed by atoms with Crippen LogP contribution in [-0.4, -0.2) is 11.0 Å². The molecule has 0 aliphatic carbocycles. The highest BCUT2D eigenvalue weighted by Gasteiger charge is 2.06. The van der Waals surface area contributed by atoms with Gasteiger partial charge in [0, 0.05) is 17.1 Å². The molecule has 2 aromatic carbocycles. The van der Waals surface area contributed by atoms with Crippen molar-refractivity contribution < 1.29 is 14.3 Å². The first kappa shape index (κ1) is 15.5. The van der Waals surface area contributed by atoms with E-state index in [9.17, 15) is 9.18 Å². The molecule has 0 bridgehead atoms. The Morgan fingerprint density at radius 2 is 2.00 bits per heavy atom. The van der Waals surface area contributed by atoms with E-state index < -0.39 is 5.82 Å². The number of benzene rings is 2. The maximum atomic E-state index is 13.2. The molecule has 0 radical (unpaired) electrons. The van der Waals surface area contributed by atoms with Gasteiger partial charge >= 0.3 is 0 Å². The number of aliphatic hydroxyl groups excluding tert-OH is 1. The average molecular weight is 308 g/mol. The second-order valence-electron chi connectivity index (χ2n) is 4.67. The second kappa shape index (κ2) is 7.20. The lowest BCUT2D eigenvalue weighted by Crippen LogP contribution is -2.24. The van der Waals surface area contributed by atoms with E-state index in [2.05, 4.69) is 5.32 Å². The lowest BCUT2D eigenvalue weighted by molar-refractivity contribution is -0.120. The summed E-state index contributed by atoms with van der Waals surface area (Å²) in [7, 11) is 0. The van der Waals surface area contributed by atoms with E-state index in [4.69, 9.17) is 16.7 Å². The number of hydrogen-bond acceptors (Lipinski definition) is 2. The van der Waals surface area contributed by atoms with Crippen LogP contribution in [0, 0.1) is 5.82 Å². The van der Waals surface area contributed by atoms with Crippen LogP contribution in [0.4, 0.5) is 4.39 Å². The molecule has 21 heavy (non-hydrogen) atoms. The zero-order chi connectivity index (χ0) is 15.2. The summed E-state index contributed by atoms with van der Waals surface area (Å²) in [5.74, 6) is -0.598. The predicted octanol–water partition coefficient (Wildman–Crippen LogP) is 2.83. The summed E-state index contributed by atoms with van der Waals surface area (Å²) in [5.41, 5.74) is 1.78. The van der Waals surface area contributed by atoms with E-state index >= 15 is 0 Å². The summed E-state index contributed by atoms with van der Waals surface area (Å²) in [6.45, 7) is -0.0805. The van der Waals surface area contributed by atoms with Gasteiger partial charge in [-0.3, -0.25) is 4.79 Å². The second-order valence-corrected chi connectivity index (χ2v) is 5.10. The standard InChI is InChI=1S/C16H15ClFNO2/c17-14-3-1-2-11(7-14)8-16(21)19-9-12-4-5-15(18)13(6-12)10-20/h1-7,20H,8-10H2,(H,19,21). The number of halogens is 2. The van der Waals surface area contributed by atoms with Crippen LogP contribution in [0.15, 0.2) is 42.5 Å². The van der Waals surface area contributed by atoms with E-state index in [1.165, 1.54) is 12.1 Å². The Balaban J connectivity index is 1.92. The van der Waals surface area contributed by atoms with Crippen molar-refractivity contribution in [3.05, 3.63) is 70.0 Å². The molecule has 0 unspecified atom stereocenters. The van der Waals surface area contributed by atoms with Crippen LogP contribution < -0.4 is 5.32 Å². The minimum Gasteiger partial charge on any atom is -0.392 e. The molecule has 0 saturated carbocycles. The molecule has 0 saturated heterocycles. The summed E-state index contributed by atoms with van der Waals surface area (Å²) < 4.78 is 13.2. The third-order valence-corrected chi connectivity index (χ3v) is 3.26. The maximum Gasteiger partial charge on any atom is 0.224 e. The van der Waals surface area contributed by atoms with Gasteiger partial charge in [-0.2, -0.15) is 0 Å². The van der Waals surface area contributed by atoms with E-state index in [0.29, 0.717) is 5.02 Å². The molecule has 0 fully saturated rings. The molecule has 0 spiro atoms. The molecule has 0 aliphatic heterocycles. The predicted molar refractivity (Wildman–Crippen MR) is 79.3 cm³/mol.